The molecule has 6 nitrogen and oxygen atoms in total. The van der Waals surface area contributed by atoms with Gasteiger partial charge in [-0.1, -0.05) is 12.1 Å². The highest BCUT2D eigenvalue weighted by Crippen LogP contribution is 2.28. The van der Waals surface area contributed by atoms with Crippen molar-refractivity contribution < 1.29 is 19.2 Å². The Morgan fingerprint density at radius 1 is 1.05 bits per heavy atom. The Balaban J connectivity index is 1.76. The van der Waals surface area contributed by atoms with Gasteiger partial charge in [0.1, 0.15) is 12.3 Å². The molecule has 0 saturated carbocycles. The van der Waals surface area contributed by atoms with Gasteiger partial charge in [0.25, 0.3) is 11.7 Å². The number of nitrogens with zero attached hydrogens (tertiary/aromatic N) is 2. The van der Waals surface area contributed by atoms with E-state index >= 15 is 0 Å². The molecule has 3 rings (SSSR count). The molecule has 108 valence electrons. The van der Waals surface area contributed by atoms with Crippen molar-refractivity contribution in [2.75, 3.05) is 24.5 Å². The molecule has 0 aromatic heterocycles. The Morgan fingerprint density at radius 2 is 1.71 bits per heavy atom. The Labute approximate surface area is 121 Å². The summed E-state index contributed by atoms with van der Waals surface area (Å²) in [5.74, 6) is -1.33. The second-order valence-corrected chi connectivity index (χ2v) is 5.16. The second-order valence-electron chi connectivity index (χ2n) is 5.16. The lowest BCUT2D eigenvalue weighted by Gasteiger charge is -2.28. The molecule has 0 N–H and O–H groups in total. The molecular weight excluding hydrogens is 272 g/mol. The topological polar surface area (TPSA) is 74.8 Å². The summed E-state index contributed by atoms with van der Waals surface area (Å²) >= 11 is 0. The van der Waals surface area contributed by atoms with E-state index in [-0.39, 0.29) is 18.2 Å². The zero-order valence-electron chi connectivity index (χ0n) is 11.4. The third-order valence-corrected chi connectivity index (χ3v) is 3.85. The number of fused-ring (bicyclic) bond motifs is 1. The van der Waals surface area contributed by atoms with Gasteiger partial charge in [0.2, 0.25) is 5.91 Å². The summed E-state index contributed by atoms with van der Waals surface area (Å²) in [5.41, 5.74) is 0.818. The molecule has 2 heterocycles. The number of benzene rings is 1. The first-order valence-electron chi connectivity index (χ1n) is 6.82. The molecule has 0 bridgehead atoms. The van der Waals surface area contributed by atoms with Crippen LogP contribution in [0.3, 0.4) is 0 Å². The molecule has 1 aromatic carbocycles. The molecule has 0 atom stereocenters. The van der Waals surface area contributed by atoms with Gasteiger partial charge in [0, 0.05) is 25.9 Å². The second kappa shape index (κ2) is 5.12. The fourth-order valence-electron chi connectivity index (χ4n) is 2.65. The number of carbonyl (C=O) groups is 4. The van der Waals surface area contributed by atoms with Gasteiger partial charge in [-0.25, -0.2) is 0 Å². The van der Waals surface area contributed by atoms with Gasteiger partial charge < -0.3 is 4.90 Å². The fourth-order valence-corrected chi connectivity index (χ4v) is 2.65. The first kappa shape index (κ1) is 13.5. The highest BCUT2D eigenvalue weighted by molar-refractivity contribution is 6.52. The summed E-state index contributed by atoms with van der Waals surface area (Å²) in [5, 5.41) is 0. The van der Waals surface area contributed by atoms with Crippen molar-refractivity contribution in [3.8, 4) is 0 Å². The number of piperidine rings is 1. The van der Waals surface area contributed by atoms with Crippen LogP contribution in [0.2, 0.25) is 0 Å². The molecule has 21 heavy (non-hydrogen) atoms. The molecule has 2 aliphatic rings. The van der Waals surface area contributed by atoms with Crippen molar-refractivity contribution in [1.29, 1.82) is 0 Å². The Bertz CT molecular complexity index is 643. The number of Topliss-reactive ketones (excluding diaryl/α,β-unsaturated/α-hetero) is 2. The van der Waals surface area contributed by atoms with Gasteiger partial charge in [-0.3, -0.25) is 24.1 Å². The first-order valence-corrected chi connectivity index (χ1v) is 6.82. The lowest BCUT2D eigenvalue weighted by molar-refractivity contribution is -0.134. The SMILES string of the molecule is O=C1CCN(C(=O)CN2C(=O)C(=O)c3ccccc32)CC1. The van der Waals surface area contributed by atoms with Gasteiger partial charge in [0.15, 0.2) is 0 Å². The van der Waals surface area contributed by atoms with E-state index in [0.717, 1.165) is 0 Å². The van der Waals surface area contributed by atoms with Crippen LogP contribution in [0.25, 0.3) is 0 Å². The maximum absolute atomic E-state index is 12.2. The molecular formula is C15H14N2O4. The monoisotopic (exact) mass is 286 g/mol. The highest BCUT2D eigenvalue weighted by Gasteiger charge is 2.37. The minimum Gasteiger partial charge on any atom is -0.340 e. The summed E-state index contributed by atoms with van der Waals surface area (Å²) in [7, 11) is 0. The average molecular weight is 286 g/mol. The summed E-state index contributed by atoms with van der Waals surface area (Å²) in [6, 6.07) is 6.65. The van der Waals surface area contributed by atoms with Crippen LogP contribution in [0.15, 0.2) is 24.3 Å². The van der Waals surface area contributed by atoms with Crippen LogP contribution in [0, 0.1) is 0 Å². The van der Waals surface area contributed by atoms with E-state index in [1.807, 2.05) is 0 Å². The summed E-state index contributed by atoms with van der Waals surface area (Å²) < 4.78 is 0. The van der Waals surface area contributed by atoms with Crippen LogP contribution in [-0.2, 0) is 14.4 Å². The van der Waals surface area contributed by atoms with Gasteiger partial charge in [-0.05, 0) is 12.1 Å². The van der Waals surface area contributed by atoms with Crippen LogP contribution in [0.5, 0.6) is 0 Å². The minimum absolute atomic E-state index is 0.150. The smallest absolute Gasteiger partial charge is 0.299 e. The van der Waals surface area contributed by atoms with E-state index in [1.165, 1.54) is 4.90 Å². The van der Waals surface area contributed by atoms with Crippen LogP contribution in [0.4, 0.5) is 5.69 Å². The zero-order chi connectivity index (χ0) is 15.0. The van der Waals surface area contributed by atoms with Crippen LogP contribution >= 0.6 is 0 Å². The van der Waals surface area contributed by atoms with E-state index < -0.39 is 11.7 Å². The largest absolute Gasteiger partial charge is 0.340 e. The number of amides is 2. The van der Waals surface area contributed by atoms with Crippen molar-refractivity contribution in [1.82, 2.24) is 4.90 Å². The molecule has 1 fully saturated rings. The maximum atomic E-state index is 12.2. The minimum atomic E-state index is -0.669. The van der Waals surface area contributed by atoms with E-state index in [4.69, 9.17) is 0 Å². The first-order chi connectivity index (χ1) is 10.1. The zero-order valence-corrected chi connectivity index (χ0v) is 11.4. The highest BCUT2D eigenvalue weighted by atomic mass is 16.2. The predicted molar refractivity (Wildman–Crippen MR) is 73.9 cm³/mol. The van der Waals surface area contributed by atoms with Crippen molar-refractivity contribution in [3.05, 3.63) is 29.8 Å². The number of likely N-dealkylation sites (tertiary alicyclic amines) is 1. The van der Waals surface area contributed by atoms with Crippen molar-refractivity contribution in [3.63, 3.8) is 0 Å². The van der Waals surface area contributed by atoms with Crippen LogP contribution < -0.4 is 4.90 Å². The molecule has 0 aliphatic carbocycles. The lowest BCUT2D eigenvalue weighted by atomic mass is 10.1. The van der Waals surface area contributed by atoms with Crippen LogP contribution in [-0.4, -0.2) is 47.9 Å². The summed E-state index contributed by atoms with van der Waals surface area (Å²) in [6.45, 7) is 0.611. The third-order valence-electron chi connectivity index (χ3n) is 3.85. The number of rotatable bonds is 2. The Hall–Kier alpha value is -2.50. The van der Waals surface area contributed by atoms with E-state index in [2.05, 4.69) is 0 Å². The summed E-state index contributed by atoms with van der Waals surface area (Å²) in [6.07, 6.45) is 0.713. The third kappa shape index (κ3) is 2.33. The van der Waals surface area contributed by atoms with Gasteiger partial charge in [0.05, 0.1) is 11.3 Å². The van der Waals surface area contributed by atoms with Crippen molar-refractivity contribution in [2.24, 2.45) is 0 Å². The standard InChI is InChI=1S/C15H14N2O4/c18-10-5-7-16(8-6-10)13(19)9-17-12-4-2-1-3-11(12)14(20)15(17)21/h1-4H,5-9H2. The van der Waals surface area contributed by atoms with E-state index in [9.17, 15) is 19.2 Å². The predicted octanol–water partition coefficient (Wildman–Crippen LogP) is 0.407. The molecule has 6 heteroatoms. The Morgan fingerprint density at radius 3 is 2.43 bits per heavy atom. The molecule has 0 radical (unpaired) electrons. The fraction of sp³-hybridized carbons (Fsp3) is 0.333. The van der Waals surface area contributed by atoms with Crippen molar-refractivity contribution >= 4 is 29.1 Å². The molecule has 0 unspecified atom stereocenters. The lowest BCUT2D eigenvalue weighted by Crippen LogP contribution is -2.45. The van der Waals surface area contributed by atoms with E-state index in [1.54, 1.807) is 29.2 Å². The molecule has 1 aromatic rings. The number of hydrogen-bond acceptors (Lipinski definition) is 4. The maximum Gasteiger partial charge on any atom is 0.299 e. The number of para-hydroxylation sites is 1. The quantitative estimate of drug-likeness (QED) is 0.738. The molecule has 2 amide bonds. The number of hydrogen-bond donors (Lipinski definition) is 0. The molecule has 1 saturated heterocycles. The van der Waals surface area contributed by atoms with Gasteiger partial charge in [-0.2, -0.15) is 0 Å². The number of carbonyl (C=O) groups excluding carboxylic acids is 4. The summed E-state index contributed by atoms with van der Waals surface area (Å²) in [4.78, 5) is 50.0. The Kier molecular flexibility index (Phi) is 3.29. The molecule has 2 aliphatic heterocycles. The number of ketones is 2. The van der Waals surface area contributed by atoms with Gasteiger partial charge in [-0.15, -0.1) is 0 Å². The normalized spacial score (nSPS) is 18.2. The number of anilines is 1. The van der Waals surface area contributed by atoms with E-state index in [0.29, 0.717) is 37.2 Å². The van der Waals surface area contributed by atoms with Gasteiger partial charge >= 0.3 is 0 Å². The molecule has 0 spiro atoms. The average Bonchev–Trinajstić information content (AvgIpc) is 2.73. The van der Waals surface area contributed by atoms with Crippen LogP contribution in [0.1, 0.15) is 23.2 Å². The van der Waals surface area contributed by atoms with Crippen molar-refractivity contribution in [2.45, 2.75) is 12.8 Å².